The molecule has 0 bridgehead atoms. The maximum absolute atomic E-state index is 14.3. The van der Waals surface area contributed by atoms with Crippen LogP contribution in [0.4, 0.5) is 0 Å². The number of imidazole rings is 1. The summed E-state index contributed by atoms with van der Waals surface area (Å²) in [6.45, 7) is 7.02. The van der Waals surface area contributed by atoms with Crippen molar-refractivity contribution in [2.75, 3.05) is 17.8 Å². The zero-order valence-electron chi connectivity index (χ0n) is 40.6. The first kappa shape index (κ1) is 58.9. The van der Waals surface area contributed by atoms with Crippen molar-refractivity contribution in [2.45, 2.75) is 121 Å². The van der Waals surface area contributed by atoms with E-state index < -0.39 is 101 Å². The molecular weight excluding hydrogens is 957 g/mol. The molecule has 7 atom stereocenters. The Bertz CT molecular complexity index is 2230. The molecule has 0 fully saturated rings. The van der Waals surface area contributed by atoms with E-state index in [0.717, 1.165) is 11.8 Å². The number of nitrogens with zero attached hydrogens (tertiary/aromatic N) is 1. The maximum Gasteiger partial charge on any atom is 0.304 e. The molecule has 1 heterocycles. The highest BCUT2D eigenvalue weighted by Gasteiger charge is 2.35. The molecule has 0 aliphatic heterocycles. The number of hydrogen-bond acceptors (Lipinski definition) is 14. The Hall–Kier alpha value is -6.46. The van der Waals surface area contributed by atoms with Crippen LogP contribution >= 0.6 is 23.5 Å². The third kappa shape index (κ3) is 21.6. The number of primary amides is 1. The maximum atomic E-state index is 14.3. The van der Waals surface area contributed by atoms with Gasteiger partial charge in [-0.2, -0.15) is 11.8 Å². The van der Waals surface area contributed by atoms with E-state index in [0.29, 0.717) is 22.6 Å². The van der Waals surface area contributed by atoms with Gasteiger partial charge in [-0.1, -0.05) is 81.9 Å². The fourth-order valence-corrected chi connectivity index (χ4v) is 8.42. The number of benzene rings is 2. The van der Waals surface area contributed by atoms with E-state index in [1.165, 1.54) is 36.4 Å². The summed E-state index contributed by atoms with van der Waals surface area (Å²) in [4.78, 5) is 127. The second kappa shape index (κ2) is 30.3. The van der Waals surface area contributed by atoms with Crippen LogP contribution in [0.5, 0.6) is 5.75 Å². The highest BCUT2D eigenvalue weighted by atomic mass is 32.2. The first-order chi connectivity index (χ1) is 33.7. The van der Waals surface area contributed by atoms with Gasteiger partial charge >= 0.3 is 5.97 Å². The van der Waals surface area contributed by atoms with Crippen LogP contribution in [-0.2, 0) is 62.4 Å². The summed E-state index contributed by atoms with van der Waals surface area (Å²) in [6, 6.07) is 6.19. The number of carbonyl (C=O) groups excluding carboxylic acids is 8. The number of rotatable bonds is 31. The molecule has 0 aliphatic carbocycles. The van der Waals surface area contributed by atoms with Crippen molar-refractivity contribution in [3.63, 3.8) is 0 Å². The number of aromatic nitrogens is 2. The summed E-state index contributed by atoms with van der Waals surface area (Å²) < 4.78 is 0. The second-order valence-electron chi connectivity index (χ2n) is 17.7. The number of phenols is 1. The van der Waals surface area contributed by atoms with Crippen LogP contribution in [0.15, 0.2) is 67.1 Å². The number of phenolic OH excluding ortho intramolecular Hbond substituents is 1. The number of aromatic amines is 1. The lowest BCUT2D eigenvalue weighted by atomic mass is 9.99. The molecule has 3 rings (SSSR count). The van der Waals surface area contributed by atoms with E-state index in [4.69, 9.17) is 16.6 Å². The zero-order chi connectivity index (χ0) is 52.6. The lowest BCUT2D eigenvalue weighted by Crippen LogP contribution is -2.61. The molecular formula is C48H68N10O11S2. The molecule has 3 aromatic rings. The van der Waals surface area contributed by atoms with E-state index in [9.17, 15) is 48.3 Å². The quantitative estimate of drug-likeness (QED) is 0.0425. The van der Waals surface area contributed by atoms with E-state index >= 15 is 0 Å². The molecule has 2 aromatic carbocycles. The van der Waals surface area contributed by atoms with Gasteiger partial charge in [-0.3, -0.25) is 43.2 Å². The van der Waals surface area contributed by atoms with Gasteiger partial charge in [-0.15, -0.1) is 0 Å². The van der Waals surface area contributed by atoms with Crippen molar-refractivity contribution in [3.05, 3.63) is 83.9 Å². The Morgan fingerprint density at radius 1 is 0.648 bits per heavy atom. The van der Waals surface area contributed by atoms with Crippen LogP contribution in [0.2, 0.25) is 0 Å². The van der Waals surface area contributed by atoms with Crippen LogP contribution in [0.3, 0.4) is 0 Å². The van der Waals surface area contributed by atoms with E-state index in [2.05, 4.69) is 41.9 Å². The number of aromatic hydroxyl groups is 1. The number of hydrogen-bond donors (Lipinski definition) is 11. The molecule has 71 heavy (non-hydrogen) atoms. The normalized spacial score (nSPS) is 14.1. The van der Waals surface area contributed by atoms with Gasteiger partial charge in [0.15, 0.2) is 0 Å². The van der Waals surface area contributed by atoms with Gasteiger partial charge in [-0.05, 0) is 72.8 Å². The Labute approximate surface area is 421 Å². The summed E-state index contributed by atoms with van der Waals surface area (Å²) in [5.74, 6) is -6.54. The number of amides is 7. The Morgan fingerprint density at radius 3 is 1.80 bits per heavy atom. The number of carbonyl (C=O) groups is 9. The predicted molar refractivity (Wildman–Crippen MR) is 269 cm³/mol. The van der Waals surface area contributed by atoms with Gasteiger partial charge in [-0.25, -0.2) is 4.98 Å². The number of carboxylic acids is 1. The monoisotopic (exact) mass is 1020 g/mol. The summed E-state index contributed by atoms with van der Waals surface area (Å²) in [5.41, 5.74) is 13.3. The third-order valence-corrected chi connectivity index (χ3v) is 12.5. The molecule has 21 nitrogen and oxygen atoms in total. The van der Waals surface area contributed by atoms with Crippen LogP contribution in [0.25, 0.3) is 0 Å². The van der Waals surface area contributed by atoms with Crippen molar-refractivity contribution < 1.29 is 53.4 Å². The summed E-state index contributed by atoms with van der Waals surface area (Å²) in [7, 11) is 0. The molecule has 13 N–H and O–H groups in total. The minimum Gasteiger partial charge on any atom is -0.508 e. The molecule has 7 amide bonds. The number of nitrogens with one attached hydrogen (secondary N) is 7. The van der Waals surface area contributed by atoms with Crippen LogP contribution in [-0.4, -0.2) is 133 Å². The van der Waals surface area contributed by atoms with Gasteiger partial charge in [0.25, 0.3) is 0 Å². The number of carboxylic acid groups (broad SMARTS) is 1. The van der Waals surface area contributed by atoms with Gasteiger partial charge in [0.1, 0.15) is 36.0 Å². The molecule has 0 unspecified atom stereocenters. The molecule has 1 aromatic heterocycles. The highest BCUT2D eigenvalue weighted by molar-refractivity contribution is 8.13. The van der Waals surface area contributed by atoms with Crippen molar-refractivity contribution in [1.29, 1.82) is 0 Å². The molecule has 23 heteroatoms. The fraction of sp³-hybridized carbons (Fsp3) is 0.500. The van der Waals surface area contributed by atoms with E-state index in [1.807, 2.05) is 20.1 Å². The van der Waals surface area contributed by atoms with Gasteiger partial charge in [0, 0.05) is 36.9 Å². The highest BCUT2D eigenvalue weighted by Crippen LogP contribution is 2.16. The number of nitrogens with two attached hydrogens (primary N) is 2. The van der Waals surface area contributed by atoms with Crippen LogP contribution in [0, 0.1) is 11.8 Å². The van der Waals surface area contributed by atoms with Crippen LogP contribution < -0.4 is 43.4 Å². The predicted octanol–water partition coefficient (Wildman–Crippen LogP) is 0.835. The molecule has 0 saturated carbocycles. The summed E-state index contributed by atoms with van der Waals surface area (Å²) in [6.07, 6.45) is 4.10. The van der Waals surface area contributed by atoms with Crippen molar-refractivity contribution in [2.24, 2.45) is 23.3 Å². The molecule has 0 spiro atoms. The van der Waals surface area contributed by atoms with Crippen molar-refractivity contribution in [1.82, 2.24) is 41.9 Å². The molecule has 0 aliphatic rings. The third-order valence-electron chi connectivity index (χ3n) is 10.9. The smallest absolute Gasteiger partial charge is 0.304 e. The molecule has 388 valence electrons. The number of thioether (sulfide) groups is 2. The standard InChI is InChI=1S/C48H68N10O11S2/c1-27(2)21-36(44(65)54-35(17-19-70-5)48(69)71-20-18-40(61)62)55-45(66)37(23-29-9-7-6-8-10-29)57-47(68)41(28(3)4)58-46(67)38(24-31-25-51-26-52-31)56-43(64)34(15-16-39(50)60)53-42(63)33(49)22-30-11-13-32(59)14-12-30/h6-14,25-28,33-38,41,59H,15-24,49H2,1-5H3,(H2,50,60)(H,51,52)(H,53,63)(H,54,65)(H,55,66)(H,56,64)(H,57,68)(H,58,67)(H,61,62)/t33-,34-,35-,36-,37-,38-,41-/m0/s1. The minimum absolute atomic E-state index is 0.0168. The number of H-pyrrole nitrogens is 1. The van der Waals surface area contributed by atoms with Crippen molar-refractivity contribution >= 4 is 76.0 Å². The first-order valence-electron chi connectivity index (χ1n) is 23.2. The number of aliphatic carboxylic acids is 1. The molecule has 0 saturated heterocycles. The van der Waals surface area contributed by atoms with Crippen LogP contribution in [0.1, 0.15) is 76.6 Å². The Morgan fingerprint density at radius 2 is 1.21 bits per heavy atom. The van der Waals surface area contributed by atoms with E-state index in [-0.39, 0.29) is 68.8 Å². The SMILES string of the molecule is CSCC[C@H](NC(=O)[C@H](CC(C)C)NC(=O)[C@H](Cc1ccccc1)NC(=O)[C@@H](NC(=O)[C@H](Cc1cnc[nH]1)NC(=O)[C@H](CCC(N)=O)NC(=O)[C@@H](N)Cc1ccc(O)cc1)C(C)C)C(=O)SCCC(=O)O. The fourth-order valence-electron chi connectivity index (χ4n) is 7.09. The van der Waals surface area contributed by atoms with Gasteiger partial charge in [0.2, 0.25) is 46.5 Å². The Kier molecular flexibility index (Phi) is 25.1. The van der Waals surface area contributed by atoms with Crippen molar-refractivity contribution in [3.8, 4) is 5.75 Å². The largest absolute Gasteiger partial charge is 0.508 e. The lowest BCUT2D eigenvalue weighted by molar-refractivity contribution is -0.136. The zero-order valence-corrected chi connectivity index (χ0v) is 42.2. The topological polar surface area (TPSA) is 347 Å². The Balaban J connectivity index is 1.88. The summed E-state index contributed by atoms with van der Waals surface area (Å²) >= 11 is 2.27. The second-order valence-corrected chi connectivity index (χ2v) is 19.8. The average molecular weight is 1030 g/mol. The van der Waals surface area contributed by atoms with Gasteiger partial charge < -0.3 is 58.6 Å². The minimum atomic E-state index is -1.39. The first-order valence-corrected chi connectivity index (χ1v) is 25.6. The molecule has 0 radical (unpaired) electrons. The average Bonchev–Trinajstić information content (AvgIpc) is 3.83. The lowest BCUT2D eigenvalue weighted by Gasteiger charge is -2.29. The van der Waals surface area contributed by atoms with E-state index in [1.54, 1.807) is 56.3 Å². The van der Waals surface area contributed by atoms with Gasteiger partial charge in [0.05, 0.1) is 24.8 Å². The summed E-state index contributed by atoms with van der Waals surface area (Å²) in [5, 5.41) is 34.5.